The Morgan fingerprint density at radius 3 is 2.94 bits per heavy atom. The first kappa shape index (κ1) is 11.7. The van der Waals surface area contributed by atoms with Gasteiger partial charge in [0.1, 0.15) is 5.82 Å². The third-order valence-electron chi connectivity index (χ3n) is 2.73. The number of hydrogen-bond acceptors (Lipinski definition) is 4. The van der Waals surface area contributed by atoms with Gasteiger partial charge in [0, 0.05) is 43.4 Å². The van der Waals surface area contributed by atoms with Gasteiger partial charge in [0.15, 0.2) is 0 Å². The maximum Gasteiger partial charge on any atom is 0.126 e. The highest BCUT2D eigenvalue weighted by molar-refractivity contribution is 7.99. The van der Waals surface area contributed by atoms with Crippen LogP contribution in [0.25, 0.3) is 0 Å². The van der Waals surface area contributed by atoms with E-state index in [1.54, 1.807) is 0 Å². The molecular formula is C12H19N3S. The maximum atomic E-state index is 4.42. The Kier molecular flexibility index (Phi) is 4.48. The maximum absolute atomic E-state index is 4.42. The molecule has 1 aliphatic rings. The normalized spacial score (nSPS) is 17.3. The molecule has 3 nitrogen and oxygen atoms in total. The standard InChI is InChI=1S/C12H19N3S/c1-11-3-2-4-12(14-11)13-5-6-15-7-9-16-10-8-15/h2-4H,5-10H2,1H3,(H,13,14). The first-order valence-corrected chi connectivity index (χ1v) is 6.98. The van der Waals surface area contributed by atoms with Crippen molar-refractivity contribution in [2.75, 3.05) is 43.0 Å². The summed E-state index contributed by atoms with van der Waals surface area (Å²) in [6, 6.07) is 6.09. The summed E-state index contributed by atoms with van der Waals surface area (Å²) in [6.45, 7) is 6.59. The van der Waals surface area contributed by atoms with Gasteiger partial charge in [0.2, 0.25) is 0 Å². The van der Waals surface area contributed by atoms with Crippen molar-refractivity contribution in [3.63, 3.8) is 0 Å². The van der Waals surface area contributed by atoms with Gasteiger partial charge in [-0.05, 0) is 19.1 Å². The Morgan fingerprint density at radius 2 is 2.19 bits per heavy atom. The third kappa shape index (κ3) is 3.68. The first-order chi connectivity index (χ1) is 7.84. The molecule has 2 heterocycles. The summed E-state index contributed by atoms with van der Waals surface area (Å²) in [5.74, 6) is 3.55. The van der Waals surface area contributed by atoms with Gasteiger partial charge in [-0.1, -0.05) is 6.07 Å². The molecule has 0 atom stereocenters. The smallest absolute Gasteiger partial charge is 0.126 e. The van der Waals surface area contributed by atoms with Crippen LogP contribution in [-0.4, -0.2) is 47.6 Å². The van der Waals surface area contributed by atoms with Crippen LogP contribution >= 0.6 is 11.8 Å². The highest BCUT2D eigenvalue weighted by Crippen LogP contribution is 2.08. The number of hydrogen-bond donors (Lipinski definition) is 1. The monoisotopic (exact) mass is 237 g/mol. The summed E-state index contributed by atoms with van der Waals surface area (Å²) in [4.78, 5) is 6.94. The molecule has 1 aromatic rings. The van der Waals surface area contributed by atoms with E-state index in [-0.39, 0.29) is 0 Å². The molecule has 0 spiro atoms. The Bertz CT molecular complexity index is 324. The molecule has 0 amide bonds. The highest BCUT2D eigenvalue weighted by atomic mass is 32.2. The number of aryl methyl sites for hydroxylation is 1. The molecule has 0 aliphatic carbocycles. The average Bonchev–Trinajstić information content (AvgIpc) is 2.30. The van der Waals surface area contributed by atoms with Crippen molar-refractivity contribution in [2.45, 2.75) is 6.92 Å². The highest BCUT2D eigenvalue weighted by Gasteiger charge is 2.09. The van der Waals surface area contributed by atoms with Crippen molar-refractivity contribution < 1.29 is 0 Å². The summed E-state index contributed by atoms with van der Waals surface area (Å²) in [6.07, 6.45) is 0. The van der Waals surface area contributed by atoms with Crippen molar-refractivity contribution in [3.8, 4) is 0 Å². The fourth-order valence-corrected chi connectivity index (χ4v) is 2.79. The molecule has 0 radical (unpaired) electrons. The van der Waals surface area contributed by atoms with Crippen molar-refractivity contribution >= 4 is 17.6 Å². The van der Waals surface area contributed by atoms with Crippen molar-refractivity contribution in [3.05, 3.63) is 23.9 Å². The number of nitrogens with zero attached hydrogens (tertiary/aromatic N) is 2. The molecule has 1 saturated heterocycles. The molecule has 2 rings (SSSR count). The predicted molar refractivity (Wildman–Crippen MR) is 71.2 cm³/mol. The molecule has 0 unspecified atom stereocenters. The van der Waals surface area contributed by atoms with Gasteiger partial charge in [0.05, 0.1) is 0 Å². The SMILES string of the molecule is Cc1cccc(NCCN2CCSCC2)n1. The van der Waals surface area contributed by atoms with E-state index < -0.39 is 0 Å². The average molecular weight is 237 g/mol. The first-order valence-electron chi connectivity index (χ1n) is 5.82. The second-order valence-electron chi connectivity index (χ2n) is 4.04. The molecule has 0 bridgehead atoms. The lowest BCUT2D eigenvalue weighted by Gasteiger charge is -2.26. The molecule has 0 saturated carbocycles. The lowest BCUT2D eigenvalue weighted by atomic mass is 10.3. The fourth-order valence-electron chi connectivity index (χ4n) is 1.81. The van der Waals surface area contributed by atoms with Crippen LogP contribution in [0.1, 0.15) is 5.69 Å². The van der Waals surface area contributed by atoms with E-state index in [9.17, 15) is 0 Å². The zero-order chi connectivity index (χ0) is 11.2. The van der Waals surface area contributed by atoms with E-state index in [1.165, 1.54) is 24.6 Å². The van der Waals surface area contributed by atoms with E-state index in [1.807, 2.05) is 25.1 Å². The topological polar surface area (TPSA) is 28.2 Å². The second kappa shape index (κ2) is 6.11. The Balaban J connectivity index is 1.71. The second-order valence-corrected chi connectivity index (χ2v) is 5.27. The minimum atomic E-state index is 0.987. The molecular weight excluding hydrogens is 218 g/mol. The van der Waals surface area contributed by atoms with Crippen LogP contribution in [-0.2, 0) is 0 Å². The van der Waals surface area contributed by atoms with E-state index in [2.05, 4.69) is 27.0 Å². The molecule has 88 valence electrons. The zero-order valence-electron chi connectivity index (χ0n) is 9.78. The number of rotatable bonds is 4. The van der Waals surface area contributed by atoms with Crippen molar-refractivity contribution in [1.82, 2.24) is 9.88 Å². The van der Waals surface area contributed by atoms with E-state index in [4.69, 9.17) is 0 Å². The summed E-state index contributed by atoms with van der Waals surface area (Å²) in [5.41, 5.74) is 1.07. The quantitative estimate of drug-likeness (QED) is 0.865. The Hall–Kier alpha value is -0.740. The van der Waals surface area contributed by atoms with E-state index in [0.29, 0.717) is 0 Å². The predicted octanol–water partition coefficient (Wildman–Crippen LogP) is 1.85. The van der Waals surface area contributed by atoms with Gasteiger partial charge in [0.25, 0.3) is 0 Å². The Labute approximate surface area is 102 Å². The Morgan fingerprint density at radius 1 is 1.38 bits per heavy atom. The van der Waals surface area contributed by atoms with E-state index in [0.717, 1.165) is 24.6 Å². The van der Waals surface area contributed by atoms with E-state index >= 15 is 0 Å². The van der Waals surface area contributed by atoms with Crippen LogP contribution in [0.5, 0.6) is 0 Å². The van der Waals surface area contributed by atoms with Crippen molar-refractivity contribution in [1.29, 1.82) is 0 Å². The van der Waals surface area contributed by atoms with Gasteiger partial charge in [-0.25, -0.2) is 4.98 Å². The van der Waals surface area contributed by atoms with Gasteiger partial charge < -0.3 is 5.32 Å². The molecule has 4 heteroatoms. The van der Waals surface area contributed by atoms with Crippen LogP contribution in [0.15, 0.2) is 18.2 Å². The fraction of sp³-hybridized carbons (Fsp3) is 0.583. The van der Waals surface area contributed by atoms with Crippen LogP contribution in [0, 0.1) is 6.92 Å². The van der Waals surface area contributed by atoms with Gasteiger partial charge in [-0.15, -0.1) is 0 Å². The summed E-state index contributed by atoms with van der Waals surface area (Å²) >= 11 is 2.06. The minimum Gasteiger partial charge on any atom is -0.369 e. The van der Waals surface area contributed by atoms with Gasteiger partial charge >= 0.3 is 0 Å². The minimum absolute atomic E-state index is 0.987. The van der Waals surface area contributed by atoms with Crippen LogP contribution < -0.4 is 5.32 Å². The van der Waals surface area contributed by atoms with Gasteiger partial charge in [-0.3, -0.25) is 4.90 Å². The number of anilines is 1. The summed E-state index contributed by atoms with van der Waals surface area (Å²) < 4.78 is 0. The van der Waals surface area contributed by atoms with Crippen LogP contribution in [0.3, 0.4) is 0 Å². The molecule has 0 aromatic carbocycles. The largest absolute Gasteiger partial charge is 0.369 e. The molecule has 1 fully saturated rings. The number of pyridine rings is 1. The summed E-state index contributed by atoms with van der Waals surface area (Å²) in [5, 5.41) is 3.37. The lowest BCUT2D eigenvalue weighted by molar-refractivity contribution is 0.314. The van der Waals surface area contributed by atoms with Gasteiger partial charge in [-0.2, -0.15) is 11.8 Å². The third-order valence-corrected chi connectivity index (χ3v) is 3.67. The molecule has 1 N–H and O–H groups in total. The molecule has 1 aliphatic heterocycles. The number of thioether (sulfide) groups is 1. The summed E-state index contributed by atoms with van der Waals surface area (Å²) in [7, 11) is 0. The van der Waals surface area contributed by atoms with Crippen LogP contribution in [0.2, 0.25) is 0 Å². The lowest BCUT2D eigenvalue weighted by Crippen LogP contribution is -2.36. The molecule has 1 aromatic heterocycles. The number of aromatic nitrogens is 1. The van der Waals surface area contributed by atoms with Crippen LogP contribution in [0.4, 0.5) is 5.82 Å². The zero-order valence-corrected chi connectivity index (χ0v) is 10.6. The molecule has 16 heavy (non-hydrogen) atoms. The number of nitrogens with one attached hydrogen (secondary N) is 1. The van der Waals surface area contributed by atoms with Crippen molar-refractivity contribution in [2.24, 2.45) is 0 Å².